The maximum atomic E-state index is 12.9. The molecule has 2 aromatic rings. The van der Waals surface area contributed by atoms with Crippen LogP contribution in [0, 0.1) is 5.92 Å². The number of para-hydroxylation sites is 2. The number of fused-ring (bicyclic) bond motifs is 3. The molecule has 0 bridgehead atoms. The van der Waals surface area contributed by atoms with Crippen molar-refractivity contribution < 1.29 is 14.3 Å². The molecule has 1 heterocycles. The van der Waals surface area contributed by atoms with Crippen LogP contribution in [0.3, 0.4) is 0 Å². The van der Waals surface area contributed by atoms with E-state index in [2.05, 4.69) is 5.32 Å². The minimum atomic E-state index is -1.11. The van der Waals surface area contributed by atoms with Crippen LogP contribution in [0.5, 0.6) is 5.75 Å². The Balaban J connectivity index is 1.92. The quantitative estimate of drug-likeness (QED) is 0.684. The summed E-state index contributed by atoms with van der Waals surface area (Å²) in [6.07, 6.45) is 0.962. The standard InChI is InChI=1S/C19H17NO3/c1-2-16(21)14-11-12-7-3-4-8-13(12)19(14)18(22)23-17-10-6-5-9-15(17)20-19/h3-10,14,20H,2,11H2,1H3. The van der Waals surface area contributed by atoms with Gasteiger partial charge < -0.3 is 10.1 Å². The molecule has 0 fully saturated rings. The molecule has 0 radical (unpaired) electrons. The third-order valence-electron chi connectivity index (χ3n) is 4.87. The number of rotatable bonds is 2. The Bertz CT molecular complexity index is 814. The molecule has 0 aromatic heterocycles. The monoisotopic (exact) mass is 307 g/mol. The van der Waals surface area contributed by atoms with Gasteiger partial charge in [0.1, 0.15) is 5.78 Å². The molecule has 1 aliphatic carbocycles. The summed E-state index contributed by atoms with van der Waals surface area (Å²) in [5, 5.41) is 3.35. The highest BCUT2D eigenvalue weighted by molar-refractivity contribution is 6.00. The lowest BCUT2D eigenvalue weighted by Gasteiger charge is -2.38. The summed E-state index contributed by atoms with van der Waals surface area (Å²) < 4.78 is 5.60. The largest absolute Gasteiger partial charge is 0.422 e. The van der Waals surface area contributed by atoms with Crippen molar-refractivity contribution in [3.05, 3.63) is 59.7 Å². The number of Topliss-reactive ketones (excluding diaryl/α,β-unsaturated/α-hetero) is 1. The van der Waals surface area contributed by atoms with Crippen LogP contribution in [0.2, 0.25) is 0 Å². The molecule has 4 heteroatoms. The molecule has 116 valence electrons. The van der Waals surface area contributed by atoms with E-state index in [-0.39, 0.29) is 5.78 Å². The Hall–Kier alpha value is -2.62. The Morgan fingerprint density at radius 3 is 2.78 bits per heavy atom. The normalized spacial score (nSPS) is 24.6. The molecule has 1 aliphatic heterocycles. The van der Waals surface area contributed by atoms with E-state index in [9.17, 15) is 9.59 Å². The van der Waals surface area contributed by atoms with Crippen molar-refractivity contribution in [2.75, 3.05) is 5.32 Å². The number of esters is 1. The minimum absolute atomic E-state index is 0.0741. The smallest absolute Gasteiger partial charge is 0.342 e. The number of ketones is 1. The van der Waals surface area contributed by atoms with Crippen LogP contribution in [0.4, 0.5) is 5.69 Å². The van der Waals surface area contributed by atoms with Crippen molar-refractivity contribution in [2.45, 2.75) is 25.3 Å². The minimum Gasteiger partial charge on any atom is -0.422 e. The molecule has 2 aliphatic rings. The fourth-order valence-electron chi connectivity index (χ4n) is 3.75. The topological polar surface area (TPSA) is 55.4 Å². The average Bonchev–Trinajstić information content (AvgIpc) is 2.91. The van der Waals surface area contributed by atoms with E-state index in [0.29, 0.717) is 18.6 Å². The summed E-state index contributed by atoms with van der Waals surface area (Å²) in [6.45, 7) is 1.83. The lowest BCUT2D eigenvalue weighted by atomic mass is 9.79. The highest BCUT2D eigenvalue weighted by atomic mass is 16.5. The molecule has 4 nitrogen and oxygen atoms in total. The molecule has 2 atom stereocenters. The fraction of sp³-hybridized carbons (Fsp3) is 0.263. The van der Waals surface area contributed by atoms with Crippen molar-refractivity contribution in [2.24, 2.45) is 5.92 Å². The van der Waals surface area contributed by atoms with E-state index in [0.717, 1.165) is 16.8 Å². The van der Waals surface area contributed by atoms with Gasteiger partial charge in [-0.2, -0.15) is 0 Å². The predicted octanol–water partition coefficient (Wildman–Crippen LogP) is 3.06. The first-order chi connectivity index (χ1) is 11.2. The summed E-state index contributed by atoms with van der Waals surface area (Å²) >= 11 is 0. The number of hydrogen-bond acceptors (Lipinski definition) is 4. The van der Waals surface area contributed by atoms with E-state index in [4.69, 9.17) is 4.74 Å². The van der Waals surface area contributed by atoms with Crippen LogP contribution in [-0.2, 0) is 21.5 Å². The molecule has 1 N–H and O–H groups in total. The van der Waals surface area contributed by atoms with E-state index in [1.807, 2.05) is 49.4 Å². The molecule has 2 unspecified atom stereocenters. The summed E-state index contributed by atoms with van der Waals surface area (Å²) in [4.78, 5) is 25.5. The first-order valence-electron chi connectivity index (χ1n) is 7.87. The molecule has 0 saturated heterocycles. The molecule has 2 aromatic carbocycles. The number of carbonyl (C=O) groups excluding carboxylic acids is 2. The van der Waals surface area contributed by atoms with Gasteiger partial charge in [0.2, 0.25) is 0 Å². The van der Waals surface area contributed by atoms with Gasteiger partial charge in [0, 0.05) is 6.42 Å². The van der Waals surface area contributed by atoms with Gasteiger partial charge in [-0.25, -0.2) is 4.79 Å². The first-order valence-corrected chi connectivity index (χ1v) is 7.87. The third kappa shape index (κ3) is 1.84. The highest BCUT2D eigenvalue weighted by Crippen LogP contribution is 2.49. The number of ether oxygens (including phenoxy) is 1. The van der Waals surface area contributed by atoms with Gasteiger partial charge >= 0.3 is 5.97 Å². The van der Waals surface area contributed by atoms with Gasteiger partial charge in [0.05, 0.1) is 11.6 Å². The lowest BCUT2D eigenvalue weighted by Crippen LogP contribution is -2.54. The van der Waals surface area contributed by atoms with Gasteiger partial charge in [-0.3, -0.25) is 4.79 Å². The Morgan fingerprint density at radius 2 is 1.96 bits per heavy atom. The van der Waals surface area contributed by atoms with Crippen LogP contribution in [-0.4, -0.2) is 11.8 Å². The number of nitrogens with one attached hydrogen (secondary N) is 1. The van der Waals surface area contributed by atoms with Crippen LogP contribution < -0.4 is 10.1 Å². The molecular weight excluding hydrogens is 290 g/mol. The third-order valence-corrected chi connectivity index (χ3v) is 4.87. The Morgan fingerprint density at radius 1 is 1.22 bits per heavy atom. The Labute approximate surface area is 134 Å². The van der Waals surface area contributed by atoms with Gasteiger partial charge in [0.15, 0.2) is 11.3 Å². The van der Waals surface area contributed by atoms with Crippen molar-refractivity contribution in [1.82, 2.24) is 0 Å². The fourth-order valence-corrected chi connectivity index (χ4v) is 3.75. The zero-order valence-corrected chi connectivity index (χ0v) is 12.8. The van der Waals surface area contributed by atoms with E-state index in [1.165, 1.54) is 0 Å². The van der Waals surface area contributed by atoms with E-state index < -0.39 is 17.4 Å². The second-order valence-electron chi connectivity index (χ2n) is 6.05. The van der Waals surface area contributed by atoms with Crippen LogP contribution >= 0.6 is 0 Å². The van der Waals surface area contributed by atoms with Crippen molar-refractivity contribution >= 4 is 17.4 Å². The summed E-state index contributed by atoms with van der Waals surface area (Å²) in [5.74, 6) is -0.251. The molecule has 0 amide bonds. The highest BCUT2D eigenvalue weighted by Gasteiger charge is 2.58. The summed E-state index contributed by atoms with van der Waals surface area (Å²) in [6, 6.07) is 15.1. The molecular formula is C19H17NO3. The van der Waals surface area contributed by atoms with Crippen LogP contribution in [0.25, 0.3) is 0 Å². The average molecular weight is 307 g/mol. The summed E-state index contributed by atoms with van der Waals surface area (Å²) in [7, 11) is 0. The van der Waals surface area contributed by atoms with Gasteiger partial charge in [-0.05, 0) is 29.7 Å². The molecule has 0 saturated carbocycles. The van der Waals surface area contributed by atoms with Crippen molar-refractivity contribution in [1.29, 1.82) is 0 Å². The number of hydrogen-bond donors (Lipinski definition) is 1. The lowest BCUT2D eigenvalue weighted by molar-refractivity contribution is -0.145. The zero-order chi connectivity index (χ0) is 16.0. The van der Waals surface area contributed by atoms with Gasteiger partial charge in [0.25, 0.3) is 0 Å². The van der Waals surface area contributed by atoms with Crippen molar-refractivity contribution in [3.8, 4) is 5.75 Å². The van der Waals surface area contributed by atoms with Crippen LogP contribution in [0.15, 0.2) is 48.5 Å². The summed E-state index contributed by atoms with van der Waals surface area (Å²) in [5.41, 5.74) is 1.52. The van der Waals surface area contributed by atoms with E-state index in [1.54, 1.807) is 6.07 Å². The number of anilines is 1. The number of benzene rings is 2. The maximum Gasteiger partial charge on any atom is 0.342 e. The Kier molecular flexibility index (Phi) is 3.01. The SMILES string of the molecule is CCC(=O)C1Cc2ccccc2C12Nc1ccccc1OC2=O. The maximum absolute atomic E-state index is 12.9. The second kappa shape index (κ2) is 4.95. The van der Waals surface area contributed by atoms with Gasteiger partial charge in [-0.1, -0.05) is 43.3 Å². The van der Waals surface area contributed by atoms with E-state index >= 15 is 0 Å². The van der Waals surface area contributed by atoms with Crippen LogP contribution in [0.1, 0.15) is 24.5 Å². The predicted molar refractivity (Wildman–Crippen MR) is 86.3 cm³/mol. The second-order valence-corrected chi connectivity index (χ2v) is 6.05. The molecule has 1 spiro atoms. The zero-order valence-electron chi connectivity index (χ0n) is 12.8. The molecule has 4 rings (SSSR count). The van der Waals surface area contributed by atoms with Gasteiger partial charge in [-0.15, -0.1) is 0 Å². The van der Waals surface area contributed by atoms with Crippen molar-refractivity contribution in [3.63, 3.8) is 0 Å². The number of carbonyl (C=O) groups is 2. The first kappa shape index (κ1) is 14.0. The molecule has 23 heavy (non-hydrogen) atoms.